The van der Waals surface area contributed by atoms with Crippen LogP contribution in [0, 0.1) is 0 Å². The van der Waals surface area contributed by atoms with Crippen molar-refractivity contribution >= 4 is 49.7 Å². The molecule has 0 aliphatic rings. The van der Waals surface area contributed by atoms with Crippen molar-refractivity contribution in [3.05, 3.63) is 0 Å². The summed E-state index contributed by atoms with van der Waals surface area (Å²) in [6.07, 6.45) is -0.488. The Morgan fingerprint density at radius 3 is 1.32 bits per heavy atom. The second-order valence-electron chi connectivity index (χ2n) is 4.09. The fraction of sp³-hybridized carbons (Fsp3) is 0.833. The minimum atomic E-state index is -1.10. The molecule has 108 valence electrons. The number of rotatable bonds is 8. The molecule has 0 N–H and O–H groups in total. The second kappa shape index (κ2) is 16.1. The molecule has 0 aliphatic carbocycles. The van der Waals surface area contributed by atoms with Crippen molar-refractivity contribution in [2.45, 2.75) is 64.7 Å². The van der Waals surface area contributed by atoms with E-state index in [1.54, 1.807) is 0 Å². The third-order valence-corrected chi connectivity index (χ3v) is 1.97. The van der Waals surface area contributed by atoms with Crippen LogP contribution in [0.25, 0.3) is 0 Å². The maximum Gasteiger partial charge on any atom is 2.00 e. The summed E-state index contributed by atoms with van der Waals surface area (Å²) in [5.74, 6) is -2.20. The van der Waals surface area contributed by atoms with E-state index in [0.717, 1.165) is 0 Å². The number of carboxylic acid groups (broad SMARTS) is 2. The monoisotopic (exact) mass is 306 g/mol. The minimum Gasteiger partial charge on any atom is -0.550 e. The van der Waals surface area contributed by atoms with E-state index in [0.29, 0.717) is 25.7 Å². The van der Waals surface area contributed by atoms with Crippen LogP contribution in [0.2, 0.25) is 0 Å². The van der Waals surface area contributed by atoms with E-state index in [-0.39, 0.29) is 50.6 Å². The number of carbonyl (C=O) groups is 2. The van der Waals surface area contributed by atoms with Crippen LogP contribution in [0.3, 0.4) is 0 Å². The average Bonchev–Trinajstić information content (AvgIpc) is 2.15. The predicted molar refractivity (Wildman–Crippen MR) is 64.6 cm³/mol. The standard InChI is InChI=1S/2C6H11FO2.Ca/c2*1-5(7)3-2-4-6(8)9;/h2*5H,2-4H2,1H3,(H,8,9);/q;;+2/p-2. The largest absolute Gasteiger partial charge is 2.00 e. The maximum absolute atomic E-state index is 11.9. The molecule has 19 heavy (non-hydrogen) atoms. The molecule has 2 unspecified atom stereocenters. The second-order valence-corrected chi connectivity index (χ2v) is 4.09. The Morgan fingerprint density at radius 1 is 0.895 bits per heavy atom. The summed E-state index contributed by atoms with van der Waals surface area (Å²) in [7, 11) is 0. The van der Waals surface area contributed by atoms with Gasteiger partial charge < -0.3 is 19.8 Å². The summed E-state index contributed by atoms with van der Waals surface area (Å²) < 4.78 is 23.9. The molecule has 0 aliphatic heterocycles. The molecule has 0 heterocycles. The van der Waals surface area contributed by atoms with Gasteiger partial charge in [0.25, 0.3) is 0 Å². The van der Waals surface area contributed by atoms with E-state index >= 15 is 0 Å². The summed E-state index contributed by atoms with van der Waals surface area (Å²) in [5.41, 5.74) is 0. The van der Waals surface area contributed by atoms with Crippen LogP contribution in [-0.2, 0) is 9.59 Å². The number of carbonyl (C=O) groups excluding carboxylic acids is 2. The molecule has 0 spiro atoms. The number of hydrogen-bond donors (Lipinski definition) is 0. The number of carboxylic acids is 2. The Balaban J connectivity index is -0.000000256. The van der Waals surface area contributed by atoms with E-state index in [2.05, 4.69) is 0 Å². The predicted octanol–water partition coefficient (Wildman–Crippen LogP) is 0.148. The van der Waals surface area contributed by atoms with E-state index in [1.807, 2.05) is 0 Å². The zero-order chi connectivity index (χ0) is 14.6. The van der Waals surface area contributed by atoms with E-state index in [4.69, 9.17) is 0 Å². The third-order valence-electron chi connectivity index (χ3n) is 1.97. The van der Waals surface area contributed by atoms with E-state index in [1.165, 1.54) is 13.8 Å². The molecule has 7 heteroatoms. The van der Waals surface area contributed by atoms with Crippen LogP contribution in [0.5, 0.6) is 0 Å². The van der Waals surface area contributed by atoms with E-state index < -0.39 is 24.3 Å². The molecule has 0 saturated carbocycles. The molecule has 0 amide bonds. The molecule has 0 rings (SSSR count). The number of alkyl halides is 2. The Kier molecular flexibility index (Phi) is 20.4. The SMILES string of the molecule is CC(F)CCCC(=O)[O-].CC(F)CCCC(=O)[O-].[Ca+2]. The van der Waals surface area contributed by atoms with Crippen molar-refractivity contribution < 1.29 is 28.6 Å². The van der Waals surface area contributed by atoms with Crippen LogP contribution < -0.4 is 10.2 Å². The summed E-state index contributed by atoms with van der Waals surface area (Å²) in [6, 6.07) is 0. The normalized spacial score (nSPS) is 12.4. The van der Waals surface area contributed by atoms with Gasteiger partial charge in [-0.3, -0.25) is 0 Å². The third kappa shape index (κ3) is 32.0. The van der Waals surface area contributed by atoms with Gasteiger partial charge in [-0.2, -0.15) is 0 Å². The zero-order valence-corrected chi connectivity index (χ0v) is 13.7. The Bertz CT molecular complexity index is 212. The molecular weight excluding hydrogens is 286 g/mol. The topological polar surface area (TPSA) is 80.3 Å². The van der Waals surface area contributed by atoms with Gasteiger partial charge in [0.2, 0.25) is 0 Å². The van der Waals surface area contributed by atoms with Gasteiger partial charge in [-0.1, -0.05) is 0 Å². The van der Waals surface area contributed by atoms with Gasteiger partial charge in [0.05, 0.1) is 12.3 Å². The van der Waals surface area contributed by atoms with Gasteiger partial charge in [0.1, 0.15) is 0 Å². The molecule has 0 aromatic rings. The molecule has 0 saturated heterocycles. The van der Waals surface area contributed by atoms with Crippen molar-refractivity contribution in [3.63, 3.8) is 0 Å². The summed E-state index contributed by atoms with van der Waals surface area (Å²) in [6.45, 7) is 2.82. The zero-order valence-electron chi connectivity index (χ0n) is 11.5. The van der Waals surface area contributed by atoms with Gasteiger partial charge in [0.15, 0.2) is 0 Å². The van der Waals surface area contributed by atoms with Gasteiger partial charge in [0, 0.05) is 11.9 Å². The van der Waals surface area contributed by atoms with Crippen molar-refractivity contribution in [1.29, 1.82) is 0 Å². The number of aliphatic carboxylic acids is 2. The molecular formula is C12H20CaF2O4. The smallest absolute Gasteiger partial charge is 0.550 e. The number of halogens is 2. The Morgan fingerprint density at radius 2 is 1.16 bits per heavy atom. The molecule has 4 nitrogen and oxygen atoms in total. The van der Waals surface area contributed by atoms with Crippen LogP contribution in [-0.4, -0.2) is 62.0 Å². The van der Waals surface area contributed by atoms with Crippen LogP contribution in [0.1, 0.15) is 52.4 Å². The Hall–Kier alpha value is 0.0597. The fourth-order valence-electron chi connectivity index (χ4n) is 1.06. The molecule has 0 bridgehead atoms. The van der Waals surface area contributed by atoms with Gasteiger partial charge in [-0.25, -0.2) is 8.78 Å². The van der Waals surface area contributed by atoms with Crippen LogP contribution in [0.4, 0.5) is 8.78 Å². The molecule has 0 aromatic carbocycles. The quantitative estimate of drug-likeness (QED) is 0.598. The van der Waals surface area contributed by atoms with Crippen molar-refractivity contribution in [3.8, 4) is 0 Å². The number of hydrogen-bond acceptors (Lipinski definition) is 4. The maximum atomic E-state index is 11.9. The molecule has 2 atom stereocenters. The molecule has 0 aromatic heterocycles. The average molecular weight is 306 g/mol. The summed E-state index contributed by atoms with van der Waals surface area (Å²) in [5, 5.41) is 19.5. The first-order chi connectivity index (χ1) is 8.25. The van der Waals surface area contributed by atoms with E-state index in [9.17, 15) is 28.6 Å². The summed E-state index contributed by atoms with van der Waals surface area (Å²) >= 11 is 0. The first-order valence-electron chi connectivity index (χ1n) is 5.93. The first kappa shape index (κ1) is 24.1. The first-order valence-corrected chi connectivity index (χ1v) is 5.93. The fourth-order valence-corrected chi connectivity index (χ4v) is 1.06. The van der Waals surface area contributed by atoms with Crippen molar-refractivity contribution in [1.82, 2.24) is 0 Å². The van der Waals surface area contributed by atoms with Crippen LogP contribution in [0.15, 0.2) is 0 Å². The van der Waals surface area contributed by atoms with Gasteiger partial charge >= 0.3 is 37.7 Å². The van der Waals surface area contributed by atoms with Crippen LogP contribution >= 0.6 is 0 Å². The van der Waals surface area contributed by atoms with Gasteiger partial charge in [-0.15, -0.1) is 0 Å². The molecule has 0 radical (unpaired) electrons. The summed E-state index contributed by atoms with van der Waals surface area (Å²) in [4.78, 5) is 19.5. The minimum absolute atomic E-state index is 0. The molecule has 0 fully saturated rings. The van der Waals surface area contributed by atoms with Gasteiger partial charge in [-0.05, 0) is 52.4 Å². The van der Waals surface area contributed by atoms with Crippen molar-refractivity contribution in [2.24, 2.45) is 0 Å². The Labute approximate surface area is 142 Å². The van der Waals surface area contributed by atoms with Crippen molar-refractivity contribution in [2.75, 3.05) is 0 Å².